The van der Waals surface area contributed by atoms with E-state index < -0.39 is 22.1 Å². The van der Waals surface area contributed by atoms with E-state index in [0.717, 1.165) is 6.42 Å². The quantitative estimate of drug-likeness (QED) is 0.532. The lowest BCUT2D eigenvalue weighted by molar-refractivity contribution is -0.124. The molecule has 1 heterocycles. The summed E-state index contributed by atoms with van der Waals surface area (Å²) in [7, 11) is -3.66. The first-order chi connectivity index (χ1) is 11.4. The number of halogens is 1. The van der Waals surface area contributed by atoms with E-state index in [-0.39, 0.29) is 23.9 Å². The van der Waals surface area contributed by atoms with Gasteiger partial charge in [-0.05, 0) is 37.1 Å². The van der Waals surface area contributed by atoms with Crippen LogP contribution in [-0.4, -0.2) is 46.0 Å². The molecule has 0 unspecified atom stereocenters. The Morgan fingerprint density at radius 2 is 1.96 bits per heavy atom. The van der Waals surface area contributed by atoms with Gasteiger partial charge in [-0.3, -0.25) is 4.79 Å². The summed E-state index contributed by atoms with van der Waals surface area (Å²) >= 11 is 5.72. The number of amides is 3. The first kappa shape index (κ1) is 18.5. The van der Waals surface area contributed by atoms with Crippen LogP contribution in [-0.2, 0) is 14.8 Å². The Morgan fingerprint density at radius 1 is 1.25 bits per heavy atom. The van der Waals surface area contributed by atoms with Gasteiger partial charge in [-0.1, -0.05) is 11.6 Å². The van der Waals surface area contributed by atoms with Crippen molar-refractivity contribution < 1.29 is 18.0 Å². The van der Waals surface area contributed by atoms with Gasteiger partial charge in [-0.2, -0.15) is 0 Å². The summed E-state index contributed by atoms with van der Waals surface area (Å²) in [6, 6.07) is 4.69. The molecule has 1 fully saturated rings. The Kier molecular flexibility index (Phi) is 6.41. The van der Waals surface area contributed by atoms with Gasteiger partial charge >= 0.3 is 6.03 Å². The second-order valence-electron chi connectivity index (χ2n) is 5.24. The topological polar surface area (TPSA) is 116 Å². The minimum Gasteiger partial charge on any atom is -0.354 e. The highest BCUT2D eigenvalue weighted by molar-refractivity contribution is 7.89. The zero-order valence-corrected chi connectivity index (χ0v) is 14.4. The maximum absolute atomic E-state index is 12.0. The van der Waals surface area contributed by atoms with E-state index in [0.29, 0.717) is 18.0 Å². The first-order valence-corrected chi connectivity index (χ1v) is 9.32. The molecule has 132 valence electrons. The Bertz CT molecular complexity index is 693. The van der Waals surface area contributed by atoms with Crippen LogP contribution in [0.5, 0.6) is 0 Å². The van der Waals surface area contributed by atoms with Gasteiger partial charge in [0, 0.05) is 24.7 Å². The van der Waals surface area contributed by atoms with Gasteiger partial charge in [-0.15, -0.1) is 0 Å². The van der Waals surface area contributed by atoms with Crippen LogP contribution in [0.15, 0.2) is 29.2 Å². The Labute approximate surface area is 145 Å². The second-order valence-corrected chi connectivity index (χ2v) is 7.44. The highest BCUT2D eigenvalue weighted by atomic mass is 35.5. The fourth-order valence-corrected chi connectivity index (χ4v) is 3.34. The van der Waals surface area contributed by atoms with Crippen molar-refractivity contribution in [3.05, 3.63) is 29.3 Å². The lowest BCUT2D eigenvalue weighted by Crippen LogP contribution is -2.53. The smallest absolute Gasteiger partial charge is 0.315 e. The lowest BCUT2D eigenvalue weighted by atomic mass is 10.1. The summed E-state index contributed by atoms with van der Waals surface area (Å²) in [5.74, 6) is -0.208. The molecule has 24 heavy (non-hydrogen) atoms. The fraction of sp³-hybridized carbons (Fsp3) is 0.429. The number of rotatable bonds is 6. The molecule has 0 aromatic heterocycles. The number of hydrogen-bond donors (Lipinski definition) is 4. The largest absolute Gasteiger partial charge is 0.354 e. The molecule has 10 heteroatoms. The Balaban J connectivity index is 1.72. The van der Waals surface area contributed by atoms with Gasteiger partial charge in [0.15, 0.2) is 0 Å². The molecule has 1 aromatic rings. The van der Waals surface area contributed by atoms with Gasteiger partial charge in [0.25, 0.3) is 0 Å². The molecule has 2 rings (SSSR count). The SMILES string of the molecule is O=C(NCCNS(=O)(=O)c1ccc(Cl)cc1)N[C@@H]1CCCNC1=O. The highest BCUT2D eigenvalue weighted by Crippen LogP contribution is 2.13. The number of benzene rings is 1. The Hall–Kier alpha value is -1.84. The van der Waals surface area contributed by atoms with Crippen molar-refractivity contribution in [2.75, 3.05) is 19.6 Å². The molecular formula is C14H19ClN4O4S. The molecule has 0 radical (unpaired) electrons. The third-order valence-electron chi connectivity index (χ3n) is 3.42. The zero-order chi connectivity index (χ0) is 17.6. The van der Waals surface area contributed by atoms with Gasteiger partial charge in [0.05, 0.1) is 4.90 Å². The van der Waals surface area contributed by atoms with Crippen molar-refractivity contribution in [1.82, 2.24) is 20.7 Å². The Morgan fingerprint density at radius 3 is 2.62 bits per heavy atom. The molecular weight excluding hydrogens is 356 g/mol. The number of sulfonamides is 1. The van der Waals surface area contributed by atoms with Gasteiger partial charge < -0.3 is 16.0 Å². The normalized spacial score (nSPS) is 17.9. The van der Waals surface area contributed by atoms with Crippen molar-refractivity contribution in [2.24, 2.45) is 0 Å². The molecule has 4 N–H and O–H groups in total. The molecule has 0 saturated carbocycles. The van der Waals surface area contributed by atoms with Crippen LogP contribution in [0.3, 0.4) is 0 Å². The molecule has 1 aliphatic heterocycles. The van der Waals surface area contributed by atoms with Crippen LogP contribution in [0.1, 0.15) is 12.8 Å². The number of hydrogen-bond acceptors (Lipinski definition) is 4. The molecule has 8 nitrogen and oxygen atoms in total. The van der Waals surface area contributed by atoms with Crippen LogP contribution < -0.4 is 20.7 Å². The fourth-order valence-electron chi connectivity index (χ4n) is 2.18. The number of urea groups is 1. The lowest BCUT2D eigenvalue weighted by Gasteiger charge is -2.22. The van der Waals surface area contributed by atoms with E-state index in [2.05, 4.69) is 20.7 Å². The molecule has 1 saturated heterocycles. The summed E-state index contributed by atoms with van der Waals surface area (Å²) in [6.07, 6.45) is 1.39. The zero-order valence-electron chi connectivity index (χ0n) is 12.8. The van der Waals surface area contributed by atoms with E-state index in [1.54, 1.807) is 0 Å². The van der Waals surface area contributed by atoms with Crippen LogP contribution in [0.25, 0.3) is 0 Å². The van der Waals surface area contributed by atoms with E-state index in [1.807, 2.05) is 0 Å². The highest BCUT2D eigenvalue weighted by Gasteiger charge is 2.23. The third-order valence-corrected chi connectivity index (χ3v) is 5.15. The van der Waals surface area contributed by atoms with Crippen molar-refractivity contribution in [1.29, 1.82) is 0 Å². The number of carbonyl (C=O) groups excluding carboxylic acids is 2. The van der Waals surface area contributed by atoms with Crippen LogP contribution in [0, 0.1) is 0 Å². The molecule has 1 atom stereocenters. The van der Waals surface area contributed by atoms with Crippen molar-refractivity contribution in [3.63, 3.8) is 0 Å². The minimum atomic E-state index is -3.66. The van der Waals surface area contributed by atoms with E-state index in [9.17, 15) is 18.0 Å². The first-order valence-electron chi connectivity index (χ1n) is 7.46. The number of piperidine rings is 1. The average molecular weight is 375 g/mol. The van der Waals surface area contributed by atoms with Crippen LogP contribution in [0.2, 0.25) is 5.02 Å². The van der Waals surface area contributed by atoms with Crippen LogP contribution >= 0.6 is 11.6 Å². The summed E-state index contributed by atoms with van der Waals surface area (Å²) in [4.78, 5) is 23.3. The van der Waals surface area contributed by atoms with Crippen molar-refractivity contribution in [2.45, 2.75) is 23.8 Å². The summed E-state index contributed by atoms with van der Waals surface area (Å²) in [6.45, 7) is 0.730. The standard InChI is InChI=1S/C14H19ClN4O4S/c15-10-3-5-11(6-4-10)24(22,23)18-9-8-17-14(21)19-12-2-1-7-16-13(12)20/h3-6,12,18H,1-2,7-9H2,(H,16,20)(H2,17,19,21)/t12-/m1/s1. The summed E-state index contributed by atoms with van der Waals surface area (Å²) < 4.78 is 26.4. The second kappa shape index (κ2) is 8.32. The summed E-state index contributed by atoms with van der Waals surface area (Å²) in [5.41, 5.74) is 0. The molecule has 1 aromatic carbocycles. The number of nitrogens with one attached hydrogen (secondary N) is 4. The van der Waals surface area contributed by atoms with E-state index in [4.69, 9.17) is 11.6 Å². The van der Waals surface area contributed by atoms with Crippen LogP contribution in [0.4, 0.5) is 4.79 Å². The predicted octanol–water partition coefficient (Wildman–Crippen LogP) is 0.196. The van der Waals surface area contributed by atoms with E-state index in [1.165, 1.54) is 24.3 Å². The molecule has 0 spiro atoms. The van der Waals surface area contributed by atoms with E-state index >= 15 is 0 Å². The van der Waals surface area contributed by atoms with Gasteiger partial charge in [0.2, 0.25) is 15.9 Å². The monoisotopic (exact) mass is 374 g/mol. The predicted molar refractivity (Wildman–Crippen MR) is 89.2 cm³/mol. The summed E-state index contributed by atoms with van der Waals surface area (Å²) in [5, 5.41) is 8.16. The van der Waals surface area contributed by atoms with Crippen molar-refractivity contribution >= 4 is 33.6 Å². The minimum absolute atomic E-state index is 0.0231. The van der Waals surface area contributed by atoms with Gasteiger partial charge in [0.1, 0.15) is 6.04 Å². The third kappa shape index (κ3) is 5.36. The molecule has 3 amide bonds. The van der Waals surface area contributed by atoms with Gasteiger partial charge in [-0.25, -0.2) is 17.9 Å². The molecule has 0 aliphatic carbocycles. The molecule has 1 aliphatic rings. The maximum Gasteiger partial charge on any atom is 0.315 e. The molecule has 0 bridgehead atoms. The van der Waals surface area contributed by atoms with Crippen molar-refractivity contribution in [3.8, 4) is 0 Å². The number of carbonyl (C=O) groups is 2. The average Bonchev–Trinajstić information content (AvgIpc) is 2.54. The maximum atomic E-state index is 12.0.